The molecule has 7 heteroatoms. The van der Waals surface area contributed by atoms with E-state index in [0.29, 0.717) is 30.3 Å². The molecule has 2 aliphatic carbocycles. The zero-order chi connectivity index (χ0) is 23.0. The molecule has 32 heavy (non-hydrogen) atoms. The maximum atomic E-state index is 12.9. The van der Waals surface area contributed by atoms with E-state index in [1.54, 1.807) is 12.1 Å². The van der Waals surface area contributed by atoms with Crippen LogP contribution in [0.5, 0.6) is 5.75 Å². The molecule has 0 N–H and O–H groups in total. The zero-order valence-electron chi connectivity index (χ0n) is 18.2. The van der Waals surface area contributed by atoms with Gasteiger partial charge in [0.25, 0.3) is 0 Å². The minimum absolute atomic E-state index is 0.177. The van der Waals surface area contributed by atoms with Gasteiger partial charge in [0.15, 0.2) is 5.83 Å². The van der Waals surface area contributed by atoms with Crippen molar-refractivity contribution in [1.82, 2.24) is 0 Å². The number of ether oxygens (including phenoxy) is 2. The summed E-state index contributed by atoms with van der Waals surface area (Å²) in [5.74, 6) is 0.631. The van der Waals surface area contributed by atoms with Crippen LogP contribution in [0.25, 0.3) is 0 Å². The molecule has 0 aliphatic heterocycles. The van der Waals surface area contributed by atoms with Crippen molar-refractivity contribution < 1.29 is 27.0 Å². The molecule has 0 amide bonds. The fourth-order valence-corrected chi connectivity index (χ4v) is 4.95. The van der Waals surface area contributed by atoms with Crippen molar-refractivity contribution in [2.24, 2.45) is 11.8 Å². The summed E-state index contributed by atoms with van der Waals surface area (Å²) in [6, 6.07) is 7.78. The number of benzene rings is 1. The Bertz CT molecular complexity index is 769. The van der Waals surface area contributed by atoms with Crippen molar-refractivity contribution in [3.05, 3.63) is 41.7 Å². The molecule has 0 bridgehead atoms. The molecule has 1 aromatic carbocycles. The van der Waals surface area contributed by atoms with Crippen LogP contribution >= 0.6 is 0 Å². The highest BCUT2D eigenvalue weighted by atomic mass is 19.4. The Kier molecular flexibility index (Phi) is 8.98. The number of hydrogen-bond donors (Lipinski definition) is 0. The average Bonchev–Trinajstić information content (AvgIpc) is 2.78. The van der Waals surface area contributed by atoms with E-state index in [1.165, 1.54) is 24.3 Å². The highest BCUT2D eigenvalue weighted by molar-refractivity contribution is 5.29. The molecule has 2 saturated carbocycles. The summed E-state index contributed by atoms with van der Waals surface area (Å²) in [6.07, 6.45) is 7.00. The lowest BCUT2D eigenvalue weighted by Crippen LogP contribution is -2.25. The maximum absolute atomic E-state index is 12.9. The van der Waals surface area contributed by atoms with Crippen LogP contribution in [-0.4, -0.2) is 19.1 Å². The molecule has 0 spiro atoms. The predicted octanol–water partition coefficient (Wildman–Crippen LogP) is 7.59. The molecule has 176 valence electrons. The second-order valence-corrected chi connectivity index (χ2v) is 9.05. The van der Waals surface area contributed by atoms with Crippen LogP contribution in [0, 0.1) is 23.2 Å². The van der Waals surface area contributed by atoms with Crippen molar-refractivity contribution in [3.63, 3.8) is 0 Å². The van der Waals surface area contributed by atoms with Crippen molar-refractivity contribution in [2.75, 3.05) is 6.61 Å². The predicted molar refractivity (Wildman–Crippen MR) is 114 cm³/mol. The number of allylic oxidation sites excluding steroid dienone is 2. The van der Waals surface area contributed by atoms with Crippen LogP contribution in [0.2, 0.25) is 0 Å². The number of alkyl halides is 3. The summed E-state index contributed by atoms with van der Waals surface area (Å²) in [4.78, 5) is 0. The van der Waals surface area contributed by atoms with Gasteiger partial charge in [0.05, 0.1) is 6.10 Å². The lowest BCUT2D eigenvalue weighted by molar-refractivity contribution is -0.274. The van der Waals surface area contributed by atoms with Gasteiger partial charge in [-0.1, -0.05) is 12.1 Å². The Balaban J connectivity index is 1.32. The van der Waals surface area contributed by atoms with E-state index in [4.69, 9.17) is 10.00 Å². The SMILES string of the molecule is N#C/C(F)=C/CC[C@H]1CC[C@H](OC[C@H]2CC[C@H](c3ccc(OC(F)(F)F)cc3)CC2)CC1. The first-order valence-electron chi connectivity index (χ1n) is 11.6. The van der Waals surface area contributed by atoms with Crippen molar-refractivity contribution in [3.8, 4) is 11.8 Å². The zero-order valence-corrected chi connectivity index (χ0v) is 18.2. The Morgan fingerprint density at radius 2 is 1.59 bits per heavy atom. The van der Waals surface area contributed by atoms with E-state index >= 15 is 0 Å². The van der Waals surface area contributed by atoms with Crippen molar-refractivity contribution >= 4 is 0 Å². The van der Waals surface area contributed by atoms with Gasteiger partial charge in [-0.15, -0.1) is 13.2 Å². The smallest absolute Gasteiger partial charge is 0.406 e. The Morgan fingerprint density at radius 3 is 2.19 bits per heavy atom. The first kappa shape index (κ1) is 24.6. The molecule has 1 aromatic rings. The fourth-order valence-electron chi connectivity index (χ4n) is 4.95. The number of nitrogens with zero attached hydrogens (tertiary/aromatic N) is 1. The second kappa shape index (κ2) is 11.7. The highest BCUT2D eigenvalue weighted by Crippen LogP contribution is 2.37. The van der Waals surface area contributed by atoms with Gasteiger partial charge in [-0.2, -0.15) is 9.65 Å². The molecule has 0 aromatic heterocycles. The van der Waals surface area contributed by atoms with Crippen LogP contribution in [0.15, 0.2) is 36.2 Å². The topological polar surface area (TPSA) is 42.2 Å². The van der Waals surface area contributed by atoms with E-state index in [1.807, 2.05) is 0 Å². The van der Waals surface area contributed by atoms with Gasteiger partial charge in [-0.05, 0) is 106 Å². The fraction of sp³-hybridized carbons (Fsp3) is 0.640. The van der Waals surface area contributed by atoms with Gasteiger partial charge in [-0.25, -0.2) is 0 Å². The monoisotopic (exact) mass is 453 g/mol. The number of rotatable bonds is 8. The summed E-state index contributed by atoms with van der Waals surface area (Å²) in [5, 5.41) is 8.44. The number of hydrogen-bond acceptors (Lipinski definition) is 3. The number of nitriles is 1. The summed E-state index contributed by atoms with van der Waals surface area (Å²) in [7, 11) is 0. The van der Waals surface area contributed by atoms with Crippen LogP contribution < -0.4 is 4.74 Å². The quantitative estimate of drug-likeness (QED) is 0.301. The molecule has 2 aliphatic rings. The van der Waals surface area contributed by atoms with Gasteiger partial charge >= 0.3 is 6.36 Å². The van der Waals surface area contributed by atoms with Crippen LogP contribution in [-0.2, 0) is 4.74 Å². The first-order chi connectivity index (χ1) is 15.3. The lowest BCUT2D eigenvalue weighted by atomic mass is 9.79. The van der Waals surface area contributed by atoms with Crippen LogP contribution in [0.4, 0.5) is 17.6 Å². The maximum Gasteiger partial charge on any atom is 0.573 e. The van der Waals surface area contributed by atoms with Gasteiger partial charge in [0.2, 0.25) is 0 Å². The number of halogens is 4. The third-order valence-electron chi connectivity index (χ3n) is 6.80. The van der Waals surface area contributed by atoms with Crippen LogP contribution in [0.3, 0.4) is 0 Å². The van der Waals surface area contributed by atoms with Gasteiger partial charge in [-0.3, -0.25) is 0 Å². The third kappa shape index (κ3) is 8.12. The molecule has 0 heterocycles. The van der Waals surface area contributed by atoms with E-state index in [-0.39, 0.29) is 5.75 Å². The normalized spacial score (nSPS) is 27.0. The van der Waals surface area contributed by atoms with E-state index < -0.39 is 12.2 Å². The summed E-state index contributed by atoms with van der Waals surface area (Å²) in [5.41, 5.74) is 1.07. The van der Waals surface area contributed by atoms with E-state index in [0.717, 1.165) is 70.0 Å². The third-order valence-corrected chi connectivity index (χ3v) is 6.80. The summed E-state index contributed by atoms with van der Waals surface area (Å²) < 4.78 is 59.9. The summed E-state index contributed by atoms with van der Waals surface area (Å²) >= 11 is 0. The van der Waals surface area contributed by atoms with Crippen molar-refractivity contribution in [1.29, 1.82) is 5.26 Å². The lowest BCUT2D eigenvalue weighted by Gasteiger charge is -2.32. The average molecular weight is 454 g/mol. The largest absolute Gasteiger partial charge is 0.573 e. The molecular formula is C25H31F4NO2. The Labute approximate surface area is 187 Å². The van der Waals surface area contributed by atoms with Gasteiger partial charge in [0.1, 0.15) is 11.8 Å². The highest BCUT2D eigenvalue weighted by Gasteiger charge is 2.31. The standard InChI is InChI=1S/C25H31F4NO2/c26-22(16-30)3-1-2-18-6-12-23(13-7-18)31-17-19-4-8-20(9-5-19)21-10-14-24(15-11-21)32-25(27,28)29/h3,10-11,14-15,18-20,23H,1-2,4-9,12-13,17H2/b22-3-/t18-,19-,20-,23-. The molecule has 0 unspecified atom stereocenters. The Morgan fingerprint density at radius 1 is 0.969 bits per heavy atom. The molecule has 0 radical (unpaired) electrons. The minimum atomic E-state index is -4.66. The Hall–Kier alpha value is -2.07. The molecule has 2 fully saturated rings. The first-order valence-corrected chi connectivity index (χ1v) is 11.6. The molecule has 3 rings (SSSR count). The molecule has 3 nitrogen and oxygen atoms in total. The minimum Gasteiger partial charge on any atom is -0.406 e. The second-order valence-electron chi connectivity index (χ2n) is 9.05. The molecule has 0 saturated heterocycles. The van der Waals surface area contributed by atoms with E-state index in [2.05, 4.69) is 4.74 Å². The summed E-state index contributed by atoms with van der Waals surface area (Å²) in [6.45, 7) is 0.774. The molecule has 0 atom stereocenters. The van der Waals surface area contributed by atoms with Gasteiger partial charge in [0, 0.05) is 6.61 Å². The van der Waals surface area contributed by atoms with Crippen LogP contribution in [0.1, 0.15) is 75.7 Å². The van der Waals surface area contributed by atoms with Crippen molar-refractivity contribution in [2.45, 2.75) is 82.6 Å². The van der Waals surface area contributed by atoms with E-state index in [9.17, 15) is 17.6 Å². The molecular weight excluding hydrogens is 422 g/mol. The van der Waals surface area contributed by atoms with Gasteiger partial charge < -0.3 is 9.47 Å².